The monoisotopic (exact) mass is 393 g/mol. The van der Waals surface area contributed by atoms with E-state index in [0.29, 0.717) is 22.5 Å². The van der Waals surface area contributed by atoms with E-state index in [1.54, 1.807) is 4.57 Å². The first-order valence-electron chi connectivity index (χ1n) is 9.27. The topological polar surface area (TPSA) is 72.5 Å². The highest BCUT2D eigenvalue weighted by Crippen LogP contribution is 2.27. The summed E-state index contributed by atoms with van der Waals surface area (Å²) in [6.07, 6.45) is 1.93. The second-order valence-corrected chi connectivity index (χ2v) is 8.28. The quantitative estimate of drug-likeness (QED) is 0.525. The summed E-state index contributed by atoms with van der Waals surface area (Å²) in [7, 11) is 0. The third kappa shape index (κ3) is 2.56. The van der Waals surface area contributed by atoms with Crippen molar-refractivity contribution < 1.29 is 4.79 Å². The molecule has 0 saturated carbocycles. The Kier molecular flexibility index (Phi) is 3.83. The predicted molar refractivity (Wildman–Crippen MR) is 109 cm³/mol. The highest BCUT2D eigenvalue weighted by atomic mass is 32.1. The lowest BCUT2D eigenvalue weighted by molar-refractivity contribution is -0.119. The fourth-order valence-electron chi connectivity index (χ4n) is 3.97. The van der Waals surface area contributed by atoms with Gasteiger partial charge in [-0.2, -0.15) is 9.61 Å². The molecular weight excluding hydrogens is 374 g/mol. The molecule has 1 aliphatic heterocycles. The van der Waals surface area contributed by atoms with Crippen molar-refractivity contribution in [2.45, 2.75) is 33.2 Å². The van der Waals surface area contributed by atoms with Crippen LogP contribution < -0.4 is 10.5 Å². The van der Waals surface area contributed by atoms with Gasteiger partial charge in [-0.1, -0.05) is 29.5 Å². The molecule has 5 rings (SSSR count). The minimum absolute atomic E-state index is 0.0216. The Balaban J connectivity index is 1.59. The van der Waals surface area contributed by atoms with Crippen molar-refractivity contribution >= 4 is 38.9 Å². The van der Waals surface area contributed by atoms with Gasteiger partial charge in [0, 0.05) is 17.9 Å². The van der Waals surface area contributed by atoms with Crippen LogP contribution in [0.5, 0.6) is 0 Å². The number of carbonyl (C=O) groups excluding carboxylic acids is 1. The van der Waals surface area contributed by atoms with Crippen molar-refractivity contribution in [3.8, 4) is 0 Å². The molecule has 0 aliphatic carbocycles. The maximum Gasteiger partial charge on any atom is 0.299 e. The number of para-hydroxylation sites is 1. The number of rotatable bonds is 2. The van der Waals surface area contributed by atoms with Gasteiger partial charge in [-0.25, -0.2) is 4.98 Å². The number of amides is 1. The molecule has 0 radical (unpaired) electrons. The van der Waals surface area contributed by atoms with Gasteiger partial charge in [0.15, 0.2) is 0 Å². The number of carbonyl (C=O) groups is 1. The first-order chi connectivity index (χ1) is 13.5. The molecule has 0 spiro atoms. The normalized spacial score (nSPS) is 14.0. The molecule has 1 aliphatic rings. The van der Waals surface area contributed by atoms with Gasteiger partial charge in [-0.3, -0.25) is 9.59 Å². The van der Waals surface area contributed by atoms with E-state index in [4.69, 9.17) is 0 Å². The molecule has 0 saturated heterocycles. The van der Waals surface area contributed by atoms with Crippen LogP contribution in [0.1, 0.15) is 22.7 Å². The minimum atomic E-state index is -0.232. The van der Waals surface area contributed by atoms with Crippen LogP contribution in [0.4, 0.5) is 5.69 Å². The Morgan fingerprint density at radius 1 is 1.25 bits per heavy atom. The number of anilines is 1. The van der Waals surface area contributed by atoms with E-state index < -0.39 is 0 Å². The lowest BCUT2D eigenvalue weighted by Gasteiger charge is -2.29. The molecule has 0 unspecified atom stereocenters. The van der Waals surface area contributed by atoms with E-state index in [-0.39, 0.29) is 18.0 Å². The van der Waals surface area contributed by atoms with Crippen molar-refractivity contribution in [3.63, 3.8) is 0 Å². The van der Waals surface area contributed by atoms with Crippen LogP contribution in [-0.4, -0.2) is 31.6 Å². The maximum atomic E-state index is 13.2. The summed E-state index contributed by atoms with van der Waals surface area (Å²) in [5.74, 6) is -0.0216. The molecule has 3 aromatic heterocycles. The Hall–Kier alpha value is -3.00. The third-order valence-electron chi connectivity index (χ3n) is 5.26. The van der Waals surface area contributed by atoms with Crippen LogP contribution in [0.2, 0.25) is 0 Å². The smallest absolute Gasteiger partial charge is 0.299 e. The number of fused-ring (bicyclic) bond motifs is 3. The predicted octanol–water partition coefficient (Wildman–Crippen LogP) is 2.70. The van der Waals surface area contributed by atoms with E-state index in [9.17, 15) is 9.59 Å². The van der Waals surface area contributed by atoms with Crippen molar-refractivity contribution in [1.82, 2.24) is 19.2 Å². The number of hydrogen-bond acceptors (Lipinski definition) is 5. The van der Waals surface area contributed by atoms with Gasteiger partial charge in [0.25, 0.3) is 5.56 Å². The fourth-order valence-corrected chi connectivity index (χ4v) is 4.71. The van der Waals surface area contributed by atoms with Crippen LogP contribution in [0.3, 0.4) is 0 Å². The number of hydrogen-bond donors (Lipinski definition) is 0. The van der Waals surface area contributed by atoms with Crippen molar-refractivity contribution in [3.05, 3.63) is 57.0 Å². The van der Waals surface area contributed by atoms with E-state index >= 15 is 0 Å². The van der Waals surface area contributed by atoms with Crippen LogP contribution >= 0.6 is 11.3 Å². The molecule has 0 fully saturated rings. The molecule has 1 aromatic carbocycles. The molecule has 4 heterocycles. The SMILES string of the molecule is Cc1nn2c(=O)c3c(cc(C)n3CC(=O)N3CCCc4ccccc43)nc2s1. The van der Waals surface area contributed by atoms with Gasteiger partial charge >= 0.3 is 0 Å². The molecule has 0 bridgehead atoms. The highest BCUT2D eigenvalue weighted by molar-refractivity contribution is 7.16. The minimum Gasteiger partial charge on any atom is -0.330 e. The van der Waals surface area contributed by atoms with E-state index in [1.807, 2.05) is 43.0 Å². The van der Waals surface area contributed by atoms with Crippen LogP contribution in [0.25, 0.3) is 16.0 Å². The molecule has 4 aromatic rings. The lowest BCUT2D eigenvalue weighted by Crippen LogP contribution is -2.38. The summed E-state index contributed by atoms with van der Waals surface area (Å²) in [5, 5.41) is 5.04. The Labute approximate surface area is 164 Å². The summed E-state index contributed by atoms with van der Waals surface area (Å²) in [6, 6.07) is 9.89. The summed E-state index contributed by atoms with van der Waals surface area (Å²) in [6.45, 7) is 4.55. The number of aryl methyl sites for hydroxylation is 3. The van der Waals surface area contributed by atoms with Gasteiger partial charge in [-0.05, 0) is 44.4 Å². The van der Waals surface area contributed by atoms with Gasteiger partial charge in [0.1, 0.15) is 17.1 Å². The number of aromatic nitrogens is 4. The molecule has 142 valence electrons. The molecular formula is C20H19N5O2S. The largest absolute Gasteiger partial charge is 0.330 e. The first-order valence-corrected chi connectivity index (χ1v) is 10.1. The second kappa shape index (κ2) is 6.27. The first kappa shape index (κ1) is 17.1. The van der Waals surface area contributed by atoms with Crippen LogP contribution in [0.15, 0.2) is 35.1 Å². The summed E-state index contributed by atoms with van der Waals surface area (Å²) in [5.41, 5.74) is 3.81. The summed E-state index contributed by atoms with van der Waals surface area (Å²) < 4.78 is 3.10. The van der Waals surface area contributed by atoms with E-state index in [1.165, 1.54) is 21.4 Å². The lowest BCUT2D eigenvalue weighted by atomic mass is 10.0. The second-order valence-electron chi connectivity index (χ2n) is 7.12. The van der Waals surface area contributed by atoms with Crippen molar-refractivity contribution in [2.24, 2.45) is 0 Å². The zero-order valence-corrected chi connectivity index (χ0v) is 16.5. The zero-order chi connectivity index (χ0) is 19.4. The van der Waals surface area contributed by atoms with E-state index in [0.717, 1.165) is 29.2 Å². The van der Waals surface area contributed by atoms with Crippen LogP contribution in [0, 0.1) is 13.8 Å². The molecule has 8 heteroatoms. The zero-order valence-electron chi connectivity index (χ0n) is 15.7. The Bertz CT molecular complexity index is 1300. The molecule has 1 amide bonds. The van der Waals surface area contributed by atoms with Gasteiger partial charge in [0.05, 0.1) is 5.52 Å². The molecule has 28 heavy (non-hydrogen) atoms. The van der Waals surface area contributed by atoms with Gasteiger partial charge < -0.3 is 9.47 Å². The summed E-state index contributed by atoms with van der Waals surface area (Å²) >= 11 is 1.38. The number of nitrogens with zero attached hydrogens (tertiary/aromatic N) is 5. The molecule has 0 N–H and O–H groups in total. The van der Waals surface area contributed by atoms with Crippen molar-refractivity contribution in [1.29, 1.82) is 0 Å². The Morgan fingerprint density at radius 2 is 2.07 bits per heavy atom. The van der Waals surface area contributed by atoms with Gasteiger partial charge in [-0.15, -0.1) is 0 Å². The maximum absolute atomic E-state index is 13.2. The van der Waals surface area contributed by atoms with E-state index in [2.05, 4.69) is 16.1 Å². The molecule has 7 nitrogen and oxygen atoms in total. The third-order valence-corrected chi connectivity index (χ3v) is 6.08. The van der Waals surface area contributed by atoms with Crippen molar-refractivity contribution in [2.75, 3.05) is 11.4 Å². The standard InChI is InChI=1S/C20H19N5O2S/c1-12-10-15-18(19(27)25-20(21-15)28-13(2)22-25)24(12)11-17(26)23-9-5-7-14-6-3-4-8-16(14)23/h3-4,6,8,10H,5,7,9,11H2,1-2H3. The average Bonchev–Trinajstić information content (AvgIpc) is 3.21. The molecule has 0 atom stereocenters. The Morgan fingerprint density at radius 3 is 2.93 bits per heavy atom. The average molecular weight is 393 g/mol. The highest BCUT2D eigenvalue weighted by Gasteiger charge is 2.24. The fraction of sp³-hybridized carbons (Fsp3) is 0.300. The van der Waals surface area contributed by atoms with Crippen LogP contribution in [-0.2, 0) is 17.8 Å². The van der Waals surface area contributed by atoms with Gasteiger partial charge in [0.2, 0.25) is 10.9 Å². The summed E-state index contributed by atoms with van der Waals surface area (Å²) in [4.78, 5) is 33.2. The number of benzene rings is 1.